The molecule has 2 aliphatic rings. The monoisotopic (exact) mass is 516 g/mol. The highest BCUT2D eigenvalue weighted by Crippen LogP contribution is 2.28. The van der Waals surface area contributed by atoms with Gasteiger partial charge in [0.25, 0.3) is 11.8 Å². The number of amides is 3. The summed E-state index contributed by atoms with van der Waals surface area (Å²) in [6.07, 6.45) is -0.380. The zero-order valence-electron chi connectivity index (χ0n) is 20.9. The number of carbonyl (C=O) groups excluding carboxylic acids is 3. The van der Waals surface area contributed by atoms with Crippen LogP contribution in [0.4, 0.5) is 14.5 Å². The summed E-state index contributed by atoms with van der Waals surface area (Å²) in [6, 6.07) is 16.3. The number of nitrogens with one attached hydrogen (secondary N) is 2. The van der Waals surface area contributed by atoms with Crippen LogP contribution in [-0.2, 0) is 22.4 Å². The van der Waals surface area contributed by atoms with Gasteiger partial charge in [-0.1, -0.05) is 37.3 Å². The number of likely N-dealkylation sites (N-methyl/N-ethyl adjacent to an activating group) is 1. The average molecular weight is 517 g/mol. The summed E-state index contributed by atoms with van der Waals surface area (Å²) < 4.78 is 26.9. The van der Waals surface area contributed by atoms with E-state index in [-0.39, 0.29) is 12.3 Å². The van der Waals surface area contributed by atoms with Crippen LogP contribution < -0.4 is 15.5 Å². The molecule has 0 radical (unpaired) electrons. The largest absolute Gasteiger partial charge is 0.352 e. The minimum Gasteiger partial charge on any atom is -0.352 e. The van der Waals surface area contributed by atoms with E-state index < -0.39 is 35.5 Å². The Hall–Kier alpha value is -4.40. The molecule has 2 N–H and O–H groups in total. The second kappa shape index (κ2) is 10.2. The summed E-state index contributed by atoms with van der Waals surface area (Å²) >= 11 is 0. The highest BCUT2D eigenvalue weighted by Gasteiger charge is 2.32. The van der Waals surface area contributed by atoms with Crippen LogP contribution in [0.1, 0.15) is 39.5 Å². The van der Waals surface area contributed by atoms with Crippen LogP contribution in [0.2, 0.25) is 0 Å². The Kier molecular flexibility index (Phi) is 6.75. The Morgan fingerprint density at radius 2 is 1.87 bits per heavy atom. The fourth-order valence-corrected chi connectivity index (χ4v) is 4.81. The van der Waals surface area contributed by atoms with Crippen LogP contribution >= 0.6 is 0 Å². The van der Waals surface area contributed by atoms with E-state index in [0.29, 0.717) is 35.5 Å². The lowest BCUT2D eigenvalue weighted by molar-refractivity contribution is -0.129. The summed E-state index contributed by atoms with van der Waals surface area (Å²) in [6.45, 7) is 2.18. The second-order valence-electron chi connectivity index (χ2n) is 9.53. The minimum absolute atomic E-state index is 0.129. The van der Waals surface area contributed by atoms with Gasteiger partial charge in [-0.05, 0) is 54.3 Å². The summed E-state index contributed by atoms with van der Waals surface area (Å²) in [4.78, 5) is 45.0. The first-order valence-electron chi connectivity index (χ1n) is 12.3. The molecule has 7 nitrogen and oxygen atoms in total. The molecule has 0 saturated carbocycles. The fraction of sp³-hybridized carbons (Fsp3) is 0.241. The Morgan fingerprint density at radius 3 is 2.66 bits per heavy atom. The van der Waals surface area contributed by atoms with Gasteiger partial charge in [0.1, 0.15) is 0 Å². The van der Waals surface area contributed by atoms with Crippen molar-refractivity contribution >= 4 is 29.1 Å². The van der Waals surface area contributed by atoms with Gasteiger partial charge in [0.15, 0.2) is 11.6 Å². The molecule has 2 atom stereocenters. The van der Waals surface area contributed by atoms with Crippen LogP contribution in [0.25, 0.3) is 0 Å². The highest BCUT2D eigenvalue weighted by molar-refractivity contribution is 6.20. The molecule has 0 saturated heterocycles. The quantitative estimate of drug-likeness (QED) is 0.545. The van der Waals surface area contributed by atoms with Gasteiger partial charge in [-0.25, -0.2) is 13.8 Å². The van der Waals surface area contributed by atoms with Crippen LogP contribution in [0.5, 0.6) is 0 Å². The third-order valence-corrected chi connectivity index (χ3v) is 6.90. The molecule has 3 aromatic rings. The van der Waals surface area contributed by atoms with Crippen molar-refractivity contribution in [2.75, 3.05) is 18.5 Å². The van der Waals surface area contributed by atoms with Gasteiger partial charge in [-0.2, -0.15) is 0 Å². The zero-order chi connectivity index (χ0) is 27.0. The number of benzene rings is 3. The number of nitrogens with zero attached hydrogens (tertiary/aromatic N) is 2. The summed E-state index contributed by atoms with van der Waals surface area (Å²) in [5, 5.41) is 5.57. The number of hydrogen-bond acceptors (Lipinski definition) is 4. The van der Waals surface area contributed by atoms with Crippen molar-refractivity contribution < 1.29 is 23.2 Å². The van der Waals surface area contributed by atoms with Crippen LogP contribution in [-0.4, -0.2) is 43.2 Å². The molecule has 9 heteroatoms. The predicted octanol–water partition coefficient (Wildman–Crippen LogP) is 3.39. The van der Waals surface area contributed by atoms with E-state index >= 15 is 0 Å². The van der Waals surface area contributed by atoms with E-state index in [1.54, 1.807) is 26.1 Å². The van der Waals surface area contributed by atoms with Crippen LogP contribution in [0.3, 0.4) is 0 Å². The molecule has 38 heavy (non-hydrogen) atoms. The van der Waals surface area contributed by atoms with Gasteiger partial charge >= 0.3 is 0 Å². The molecule has 2 aliphatic heterocycles. The Morgan fingerprint density at radius 1 is 1.08 bits per heavy atom. The van der Waals surface area contributed by atoms with Crippen molar-refractivity contribution in [3.05, 3.63) is 100 Å². The van der Waals surface area contributed by atoms with Crippen molar-refractivity contribution in [2.24, 2.45) is 10.9 Å². The minimum atomic E-state index is -1.21. The van der Waals surface area contributed by atoms with E-state index in [9.17, 15) is 23.2 Å². The summed E-state index contributed by atoms with van der Waals surface area (Å²) in [5.41, 5.74) is 4.55. The van der Waals surface area contributed by atoms with Crippen molar-refractivity contribution in [3.63, 3.8) is 0 Å². The molecular weight excluding hydrogens is 490 g/mol. The lowest BCUT2D eigenvalue weighted by atomic mass is 9.93. The molecule has 0 bridgehead atoms. The number of anilines is 1. The lowest BCUT2D eigenvalue weighted by Gasteiger charge is -2.22. The second-order valence-corrected chi connectivity index (χ2v) is 9.53. The maximum Gasteiger partial charge on any atom is 0.272 e. The number of aliphatic imine (C=N–C) groups is 1. The molecule has 5 rings (SSSR count). The van der Waals surface area contributed by atoms with Crippen LogP contribution in [0, 0.1) is 17.6 Å². The van der Waals surface area contributed by atoms with Crippen molar-refractivity contribution in [1.82, 2.24) is 10.6 Å². The highest BCUT2D eigenvalue weighted by atomic mass is 19.2. The van der Waals surface area contributed by atoms with E-state index in [2.05, 4.69) is 10.6 Å². The number of para-hydroxylation sites is 1. The first-order chi connectivity index (χ1) is 18.2. The normalized spacial score (nSPS) is 17.5. The first kappa shape index (κ1) is 25.3. The van der Waals surface area contributed by atoms with Gasteiger partial charge in [-0.3, -0.25) is 14.4 Å². The number of benzodiazepines with no additional fused rings is 1. The average Bonchev–Trinajstić information content (AvgIpc) is 3.01. The summed E-state index contributed by atoms with van der Waals surface area (Å²) in [7, 11) is 1.63. The Balaban J connectivity index is 1.48. The molecule has 3 amide bonds. The standard InChI is InChI=1S/C29H26F2N4O3/c1-16(13-17-7-10-22(30)23(31)14-17)27(36)34-26-29(38)35(2)24-6-4-3-5-21(24)25(33-26)19-8-9-20-18(15-19)11-12-32-28(20)37/h3-10,14-16,26H,11-13H2,1-2H3,(H,32,37)(H,34,36)/t16-,26?/m0/s1. The smallest absolute Gasteiger partial charge is 0.272 e. The Labute approximate surface area is 218 Å². The van der Waals surface area contributed by atoms with E-state index in [1.165, 1.54) is 11.0 Å². The molecular formula is C29H26F2N4O3. The third kappa shape index (κ3) is 4.79. The van der Waals surface area contributed by atoms with Gasteiger partial charge in [-0.15, -0.1) is 0 Å². The van der Waals surface area contributed by atoms with Crippen molar-refractivity contribution in [2.45, 2.75) is 25.9 Å². The number of hydrogen-bond donors (Lipinski definition) is 2. The zero-order valence-corrected chi connectivity index (χ0v) is 20.9. The first-order valence-corrected chi connectivity index (χ1v) is 12.3. The van der Waals surface area contributed by atoms with E-state index in [1.807, 2.05) is 30.3 Å². The van der Waals surface area contributed by atoms with E-state index in [4.69, 9.17) is 4.99 Å². The molecule has 0 spiro atoms. The molecule has 3 aromatic carbocycles. The topological polar surface area (TPSA) is 90.9 Å². The molecule has 0 aliphatic carbocycles. The predicted molar refractivity (Wildman–Crippen MR) is 139 cm³/mol. The maximum atomic E-state index is 13.6. The molecule has 194 valence electrons. The number of rotatable bonds is 5. The number of halogens is 2. The van der Waals surface area contributed by atoms with Gasteiger partial charge in [0.05, 0.1) is 11.4 Å². The lowest BCUT2D eigenvalue weighted by Crippen LogP contribution is -2.47. The van der Waals surface area contributed by atoms with Gasteiger partial charge in [0, 0.05) is 36.2 Å². The molecule has 0 fully saturated rings. The van der Waals surface area contributed by atoms with Crippen molar-refractivity contribution in [1.29, 1.82) is 0 Å². The van der Waals surface area contributed by atoms with E-state index in [0.717, 1.165) is 28.8 Å². The fourth-order valence-electron chi connectivity index (χ4n) is 4.81. The van der Waals surface area contributed by atoms with Crippen molar-refractivity contribution in [3.8, 4) is 0 Å². The SMILES string of the molecule is C[C@@H](Cc1ccc(F)c(F)c1)C(=O)NC1N=C(c2ccc3c(c2)CCNC3=O)c2ccccc2N(C)C1=O. The summed E-state index contributed by atoms with van der Waals surface area (Å²) in [5.74, 6) is -3.57. The van der Waals surface area contributed by atoms with Gasteiger partial charge in [0.2, 0.25) is 12.1 Å². The maximum absolute atomic E-state index is 13.6. The third-order valence-electron chi connectivity index (χ3n) is 6.90. The molecule has 2 heterocycles. The number of carbonyl (C=O) groups is 3. The molecule has 0 aromatic heterocycles. The van der Waals surface area contributed by atoms with Gasteiger partial charge < -0.3 is 15.5 Å². The van der Waals surface area contributed by atoms with Crippen LogP contribution in [0.15, 0.2) is 65.7 Å². The Bertz CT molecular complexity index is 1490. The number of fused-ring (bicyclic) bond motifs is 2. The molecule has 1 unspecified atom stereocenters.